The zero-order valence-electron chi connectivity index (χ0n) is 14.0. The molecule has 1 atom stereocenters. The molecule has 0 spiro atoms. The maximum atomic E-state index is 14.3. The van der Waals surface area contributed by atoms with E-state index in [-0.39, 0.29) is 22.6 Å². The van der Waals surface area contributed by atoms with Crippen molar-refractivity contribution in [2.24, 2.45) is 7.05 Å². The summed E-state index contributed by atoms with van der Waals surface area (Å²) in [6.07, 6.45) is 1.56. The van der Waals surface area contributed by atoms with Gasteiger partial charge in [0.15, 0.2) is 0 Å². The number of aromatic nitrogens is 3. The van der Waals surface area contributed by atoms with E-state index in [9.17, 15) is 13.6 Å². The van der Waals surface area contributed by atoms with Crippen LogP contribution in [-0.4, -0.2) is 20.7 Å². The van der Waals surface area contributed by atoms with Crippen molar-refractivity contribution < 1.29 is 13.5 Å². The van der Waals surface area contributed by atoms with Crippen LogP contribution in [0.4, 0.5) is 8.78 Å². The van der Waals surface area contributed by atoms with Crippen molar-refractivity contribution in [2.45, 2.75) is 6.04 Å². The molecule has 1 aliphatic heterocycles. The quantitative estimate of drug-likeness (QED) is 0.459. The van der Waals surface area contributed by atoms with Crippen LogP contribution < -0.4 is 10.4 Å². The molecule has 2 aromatic heterocycles. The van der Waals surface area contributed by atoms with E-state index in [1.54, 1.807) is 29.9 Å². The number of benzene rings is 2. The van der Waals surface area contributed by atoms with E-state index in [2.05, 4.69) is 20.9 Å². The maximum absolute atomic E-state index is 14.3. The minimum atomic E-state index is -0.491. The summed E-state index contributed by atoms with van der Waals surface area (Å²) >= 11 is 3.25. The molecule has 0 saturated carbocycles. The summed E-state index contributed by atoms with van der Waals surface area (Å²) in [5.74, 6) is -0.542. The van der Waals surface area contributed by atoms with Gasteiger partial charge in [-0.3, -0.25) is 14.1 Å². The largest absolute Gasteiger partial charge is 0.489 e. The molecule has 0 amide bonds. The lowest BCUT2D eigenvalue weighted by atomic mass is 10.1. The second-order valence-electron chi connectivity index (χ2n) is 6.48. The number of hydrogen-bond donors (Lipinski definition) is 0. The van der Waals surface area contributed by atoms with Crippen LogP contribution in [0.3, 0.4) is 0 Å². The van der Waals surface area contributed by atoms with Crippen LogP contribution in [0.15, 0.2) is 45.8 Å². The van der Waals surface area contributed by atoms with Gasteiger partial charge in [-0.05, 0) is 33.6 Å². The summed E-state index contributed by atoms with van der Waals surface area (Å²) in [6, 6.07) is 6.75. The Labute approximate surface area is 159 Å². The molecular weight excluding hydrogens is 420 g/mol. The van der Waals surface area contributed by atoms with E-state index in [0.29, 0.717) is 27.7 Å². The van der Waals surface area contributed by atoms with Gasteiger partial charge >= 0.3 is 5.69 Å². The summed E-state index contributed by atoms with van der Waals surface area (Å²) in [5, 5.41) is 0.572. The zero-order chi connectivity index (χ0) is 18.9. The van der Waals surface area contributed by atoms with Crippen LogP contribution in [-0.2, 0) is 7.05 Å². The molecular formula is C19H12BrF2N3O2. The molecule has 0 saturated heterocycles. The Morgan fingerprint density at radius 3 is 2.74 bits per heavy atom. The number of imidazole rings is 1. The fraction of sp³-hybridized carbons (Fsp3) is 0.158. The lowest BCUT2D eigenvalue weighted by Gasteiger charge is -2.17. The summed E-state index contributed by atoms with van der Waals surface area (Å²) in [7, 11) is 1.66. The van der Waals surface area contributed by atoms with Crippen LogP contribution in [0.2, 0.25) is 0 Å². The Morgan fingerprint density at radius 1 is 1.26 bits per heavy atom. The third kappa shape index (κ3) is 2.19. The fourth-order valence-corrected chi connectivity index (χ4v) is 4.11. The fourth-order valence-electron chi connectivity index (χ4n) is 3.68. The molecule has 4 aromatic rings. The molecule has 2 aromatic carbocycles. The highest BCUT2D eigenvalue weighted by atomic mass is 79.9. The number of halogens is 3. The smallest absolute Gasteiger partial charge is 0.329 e. The summed E-state index contributed by atoms with van der Waals surface area (Å²) in [6.45, 7) is 0.0937. The van der Waals surface area contributed by atoms with E-state index >= 15 is 0 Å². The Hall–Kier alpha value is -2.74. The van der Waals surface area contributed by atoms with Gasteiger partial charge < -0.3 is 4.74 Å². The van der Waals surface area contributed by atoms with E-state index in [1.165, 1.54) is 22.8 Å². The van der Waals surface area contributed by atoms with Gasteiger partial charge in [0.2, 0.25) is 0 Å². The number of nitrogens with zero attached hydrogens (tertiary/aromatic N) is 3. The summed E-state index contributed by atoms with van der Waals surface area (Å²) in [5.41, 5.74) is 2.11. The first kappa shape index (κ1) is 16.4. The number of rotatable bonds is 1. The molecule has 1 unspecified atom stereocenters. The van der Waals surface area contributed by atoms with Crippen LogP contribution >= 0.6 is 15.9 Å². The van der Waals surface area contributed by atoms with E-state index in [1.807, 2.05) is 0 Å². The number of aryl methyl sites for hydroxylation is 1. The second-order valence-corrected chi connectivity index (χ2v) is 7.27. The van der Waals surface area contributed by atoms with E-state index in [0.717, 1.165) is 5.56 Å². The van der Waals surface area contributed by atoms with Crippen molar-refractivity contribution >= 4 is 37.9 Å². The maximum Gasteiger partial charge on any atom is 0.329 e. The molecule has 27 heavy (non-hydrogen) atoms. The minimum absolute atomic E-state index is 0.0937. The van der Waals surface area contributed by atoms with Crippen molar-refractivity contribution in [3.63, 3.8) is 0 Å². The standard InChI is InChI=1S/C19H12BrF2N3O2/c1-24-13-7-23-12-6-11(22)16(20)18-15(12)17(13)25(19(24)26)14(8-27-18)9-2-4-10(21)5-3-9/h2-7,14H,8H2,1H3. The molecule has 0 radical (unpaired) electrons. The van der Waals surface area contributed by atoms with Crippen molar-refractivity contribution in [2.75, 3.05) is 6.61 Å². The first-order valence-corrected chi connectivity index (χ1v) is 9.02. The molecule has 3 heterocycles. The van der Waals surface area contributed by atoms with Crippen LogP contribution in [0, 0.1) is 11.6 Å². The number of ether oxygens (including phenoxy) is 1. The molecule has 0 bridgehead atoms. The summed E-state index contributed by atoms with van der Waals surface area (Å²) < 4.78 is 36.9. The Balaban J connectivity index is 1.94. The van der Waals surface area contributed by atoms with Crippen molar-refractivity contribution in [1.29, 1.82) is 0 Å². The van der Waals surface area contributed by atoms with Gasteiger partial charge in [-0.2, -0.15) is 0 Å². The van der Waals surface area contributed by atoms with Crippen LogP contribution in [0.5, 0.6) is 5.75 Å². The number of pyridine rings is 1. The first-order valence-electron chi connectivity index (χ1n) is 8.23. The van der Waals surface area contributed by atoms with Crippen molar-refractivity contribution in [3.05, 3.63) is 68.7 Å². The highest BCUT2D eigenvalue weighted by Gasteiger charge is 2.29. The molecule has 1 aliphatic rings. The Kier molecular flexibility index (Phi) is 3.42. The average Bonchev–Trinajstić information content (AvgIpc) is 2.81. The molecule has 5 nitrogen and oxygen atoms in total. The number of hydrogen-bond acceptors (Lipinski definition) is 3. The van der Waals surface area contributed by atoms with Crippen molar-refractivity contribution in [3.8, 4) is 5.75 Å². The Morgan fingerprint density at radius 2 is 2.00 bits per heavy atom. The second kappa shape index (κ2) is 5.63. The topological polar surface area (TPSA) is 49.0 Å². The lowest BCUT2D eigenvalue weighted by molar-refractivity contribution is 0.275. The third-order valence-corrected chi connectivity index (χ3v) is 5.75. The highest BCUT2D eigenvalue weighted by Crippen LogP contribution is 2.42. The van der Waals surface area contributed by atoms with Crippen LogP contribution in [0.1, 0.15) is 11.6 Å². The molecule has 136 valence electrons. The van der Waals surface area contributed by atoms with Gasteiger partial charge in [0, 0.05) is 13.1 Å². The van der Waals surface area contributed by atoms with Gasteiger partial charge in [0.05, 0.1) is 38.6 Å². The normalized spacial score (nSPS) is 16.1. The highest BCUT2D eigenvalue weighted by molar-refractivity contribution is 9.10. The van der Waals surface area contributed by atoms with Gasteiger partial charge in [0.25, 0.3) is 0 Å². The lowest BCUT2D eigenvalue weighted by Crippen LogP contribution is -2.29. The van der Waals surface area contributed by atoms with Crippen molar-refractivity contribution in [1.82, 2.24) is 14.1 Å². The predicted octanol–water partition coefficient (Wildman–Crippen LogP) is 3.91. The van der Waals surface area contributed by atoms with Crippen LogP contribution in [0.25, 0.3) is 21.9 Å². The molecule has 0 aliphatic carbocycles. The molecule has 5 rings (SSSR count). The third-order valence-electron chi connectivity index (χ3n) is 5.01. The van der Waals surface area contributed by atoms with Gasteiger partial charge in [-0.15, -0.1) is 0 Å². The SMILES string of the molecule is Cn1c(=O)n2c3c4c(c(Br)c(F)cc4ncc31)OCC2c1ccc(F)cc1. The van der Waals surface area contributed by atoms with Gasteiger partial charge in [-0.1, -0.05) is 12.1 Å². The zero-order valence-corrected chi connectivity index (χ0v) is 15.6. The molecule has 0 N–H and O–H groups in total. The minimum Gasteiger partial charge on any atom is -0.489 e. The summed E-state index contributed by atoms with van der Waals surface area (Å²) in [4.78, 5) is 17.3. The van der Waals surface area contributed by atoms with E-state index in [4.69, 9.17) is 4.74 Å². The van der Waals surface area contributed by atoms with Gasteiger partial charge in [-0.25, -0.2) is 13.6 Å². The van der Waals surface area contributed by atoms with E-state index < -0.39 is 11.9 Å². The predicted molar refractivity (Wildman–Crippen MR) is 100 cm³/mol. The first-order chi connectivity index (χ1) is 13.0. The monoisotopic (exact) mass is 431 g/mol. The molecule has 0 fully saturated rings. The van der Waals surface area contributed by atoms with Gasteiger partial charge in [0.1, 0.15) is 24.0 Å². The molecule has 8 heteroatoms. The average molecular weight is 432 g/mol. The Bertz CT molecular complexity index is 1300.